The lowest BCUT2D eigenvalue weighted by Crippen LogP contribution is -2.28. The van der Waals surface area contributed by atoms with Crippen molar-refractivity contribution in [1.29, 1.82) is 0 Å². The van der Waals surface area contributed by atoms with E-state index in [1.165, 1.54) is 11.8 Å². The number of carboxylic acid groups (broad SMARTS) is 1. The highest BCUT2D eigenvalue weighted by Crippen LogP contribution is 2.23. The molecule has 84 valence electrons. The molecule has 3 nitrogen and oxygen atoms in total. The van der Waals surface area contributed by atoms with Gasteiger partial charge < -0.3 is 9.84 Å². The van der Waals surface area contributed by atoms with Crippen molar-refractivity contribution >= 4 is 17.7 Å². The molecule has 0 aromatic rings. The summed E-state index contributed by atoms with van der Waals surface area (Å²) in [5, 5.41) is 8.82. The zero-order valence-electron chi connectivity index (χ0n) is 9.37. The Labute approximate surface area is 90.2 Å². The molecule has 0 aliphatic heterocycles. The number of ether oxygens (including phenoxy) is 1. The average Bonchev–Trinajstić information content (AvgIpc) is 2.02. The molecule has 0 heterocycles. The van der Waals surface area contributed by atoms with Crippen molar-refractivity contribution in [3.8, 4) is 0 Å². The van der Waals surface area contributed by atoms with Crippen molar-refractivity contribution in [2.75, 3.05) is 19.0 Å². The number of hydrogen-bond acceptors (Lipinski definition) is 3. The summed E-state index contributed by atoms with van der Waals surface area (Å²) in [4.78, 5) is 10.7. The van der Waals surface area contributed by atoms with E-state index in [2.05, 4.69) is 13.8 Å². The molecular formula is C10H20O3S. The number of carbonyl (C=O) groups is 1. The van der Waals surface area contributed by atoms with Gasteiger partial charge in [-0.05, 0) is 19.8 Å². The van der Waals surface area contributed by atoms with Gasteiger partial charge in [0.25, 0.3) is 0 Å². The zero-order valence-corrected chi connectivity index (χ0v) is 10.2. The number of hydrogen-bond donors (Lipinski definition) is 1. The Morgan fingerprint density at radius 1 is 1.50 bits per heavy atom. The normalized spacial score (nSPS) is 12.1. The van der Waals surface area contributed by atoms with Crippen LogP contribution in [0.15, 0.2) is 0 Å². The summed E-state index contributed by atoms with van der Waals surface area (Å²) >= 11 is 1.41. The predicted molar refractivity (Wildman–Crippen MR) is 59.8 cm³/mol. The van der Waals surface area contributed by atoms with Gasteiger partial charge in [0, 0.05) is 12.4 Å². The second-order valence-electron chi connectivity index (χ2n) is 4.13. The molecule has 0 spiro atoms. The summed E-state index contributed by atoms with van der Waals surface area (Å²) in [7, 11) is 0. The van der Waals surface area contributed by atoms with Crippen LogP contribution in [0.2, 0.25) is 0 Å². The van der Waals surface area contributed by atoms with Crippen molar-refractivity contribution in [3.63, 3.8) is 0 Å². The third kappa shape index (κ3) is 6.27. The van der Waals surface area contributed by atoms with Gasteiger partial charge >= 0.3 is 5.97 Å². The van der Waals surface area contributed by atoms with Gasteiger partial charge in [-0.15, -0.1) is 11.8 Å². The first-order valence-electron chi connectivity index (χ1n) is 4.81. The van der Waals surface area contributed by atoms with Crippen molar-refractivity contribution in [3.05, 3.63) is 0 Å². The number of aliphatic carboxylic acids is 1. The molecule has 0 radical (unpaired) electrons. The molecule has 0 aromatic carbocycles. The molecule has 0 aliphatic rings. The molecule has 0 amide bonds. The molecule has 1 N–H and O–H groups in total. The van der Waals surface area contributed by atoms with E-state index in [-0.39, 0.29) is 0 Å². The van der Waals surface area contributed by atoms with Crippen LogP contribution in [0.25, 0.3) is 0 Å². The fourth-order valence-corrected chi connectivity index (χ4v) is 1.57. The van der Waals surface area contributed by atoms with Gasteiger partial charge in [-0.3, -0.25) is 4.79 Å². The van der Waals surface area contributed by atoms with Crippen LogP contribution < -0.4 is 0 Å². The zero-order chi connectivity index (χ0) is 11.2. The lowest BCUT2D eigenvalue weighted by molar-refractivity contribution is -0.138. The van der Waals surface area contributed by atoms with Gasteiger partial charge in [0.05, 0.1) is 6.61 Å². The fourth-order valence-electron chi connectivity index (χ4n) is 0.737. The SMILES string of the molecule is CC(C)COCCSC(C)(C)C(=O)O. The number of rotatable bonds is 7. The fraction of sp³-hybridized carbons (Fsp3) is 0.900. The molecule has 0 atom stereocenters. The van der Waals surface area contributed by atoms with Crippen LogP contribution in [0, 0.1) is 5.92 Å². The smallest absolute Gasteiger partial charge is 0.319 e. The Morgan fingerprint density at radius 2 is 2.07 bits per heavy atom. The molecule has 0 rings (SSSR count). The quantitative estimate of drug-likeness (QED) is 0.668. The van der Waals surface area contributed by atoms with Gasteiger partial charge in [0.1, 0.15) is 4.75 Å². The Morgan fingerprint density at radius 3 is 2.50 bits per heavy atom. The summed E-state index contributed by atoms with van der Waals surface area (Å²) in [5.41, 5.74) is 0. The van der Waals surface area contributed by atoms with E-state index in [0.717, 1.165) is 12.4 Å². The molecule has 0 fully saturated rings. The summed E-state index contributed by atoms with van der Waals surface area (Å²) in [6, 6.07) is 0. The Bertz CT molecular complexity index is 178. The topological polar surface area (TPSA) is 46.5 Å². The van der Waals surface area contributed by atoms with Crippen LogP contribution in [0.4, 0.5) is 0 Å². The monoisotopic (exact) mass is 220 g/mol. The van der Waals surface area contributed by atoms with Crippen molar-refractivity contribution in [2.24, 2.45) is 5.92 Å². The molecular weight excluding hydrogens is 200 g/mol. The van der Waals surface area contributed by atoms with Crippen molar-refractivity contribution < 1.29 is 14.6 Å². The molecule has 14 heavy (non-hydrogen) atoms. The van der Waals surface area contributed by atoms with Crippen LogP contribution in [-0.2, 0) is 9.53 Å². The van der Waals surface area contributed by atoms with Crippen LogP contribution in [0.5, 0.6) is 0 Å². The standard InChI is InChI=1S/C10H20O3S/c1-8(2)7-13-5-6-14-10(3,4)9(11)12/h8H,5-7H2,1-4H3,(H,11,12). The van der Waals surface area contributed by atoms with Gasteiger partial charge in [-0.1, -0.05) is 13.8 Å². The Hall–Kier alpha value is -0.220. The van der Waals surface area contributed by atoms with Crippen LogP contribution in [0.3, 0.4) is 0 Å². The number of carboxylic acids is 1. The summed E-state index contributed by atoms with van der Waals surface area (Å²) in [5.74, 6) is 0.491. The average molecular weight is 220 g/mol. The highest BCUT2D eigenvalue weighted by Gasteiger charge is 2.26. The molecule has 0 aliphatic carbocycles. The van der Waals surface area contributed by atoms with Crippen LogP contribution in [0.1, 0.15) is 27.7 Å². The second kappa shape index (κ2) is 6.30. The summed E-state index contributed by atoms with van der Waals surface area (Å²) in [6.07, 6.45) is 0. The lowest BCUT2D eigenvalue weighted by atomic mass is 10.2. The van der Waals surface area contributed by atoms with E-state index >= 15 is 0 Å². The van der Waals surface area contributed by atoms with Gasteiger partial charge in [-0.2, -0.15) is 0 Å². The van der Waals surface area contributed by atoms with Gasteiger partial charge in [-0.25, -0.2) is 0 Å². The van der Waals surface area contributed by atoms with E-state index in [9.17, 15) is 4.79 Å². The highest BCUT2D eigenvalue weighted by molar-refractivity contribution is 8.01. The summed E-state index contributed by atoms with van der Waals surface area (Å²) in [6.45, 7) is 8.97. The Kier molecular flexibility index (Phi) is 6.20. The largest absolute Gasteiger partial charge is 0.480 e. The molecule has 0 aromatic heterocycles. The van der Waals surface area contributed by atoms with Crippen molar-refractivity contribution in [2.45, 2.75) is 32.4 Å². The summed E-state index contributed by atoms with van der Waals surface area (Å²) < 4.78 is 4.65. The van der Waals surface area contributed by atoms with E-state index in [1.54, 1.807) is 13.8 Å². The van der Waals surface area contributed by atoms with E-state index in [0.29, 0.717) is 12.5 Å². The minimum Gasteiger partial charge on any atom is -0.480 e. The Balaban J connectivity index is 3.49. The van der Waals surface area contributed by atoms with Gasteiger partial charge in [0.15, 0.2) is 0 Å². The maximum absolute atomic E-state index is 10.7. The molecule has 0 bridgehead atoms. The minimum absolute atomic E-state index is 0.535. The third-order valence-electron chi connectivity index (χ3n) is 1.66. The van der Waals surface area contributed by atoms with Crippen LogP contribution in [-0.4, -0.2) is 34.8 Å². The molecule has 0 unspecified atom stereocenters. The first-order chi connectivity index (χ1) is 6.36. The third-order valence-corrected chi connectivity index (χ3v) is 2.92. The highest BCUT2D eigenvalue weighted by atomic mass is 32.2. The first-order valence-corrected chi connectivity index (χ1v) is 5.80. The first kappa shape index (κ1) is 13.8. The maximum Gasteiger partial charge on any atom is 0.319 e. The molecule has 0 saturated carbocycles. The number of thioether (sulfide) groups is 1. The van der Waals surface area contributed by atoms with E-state index in [4.69, 9.17) is 9.84 Å². The van der Waals surface area contributed by atoms with Crippen LogP contribution >= 0.6 is 11.8 Å². The second-order valence-corrected chi connectivity index (χ2v) is 5.85. The molecule has 4 heteroatoms. The molecule has 0 saturated heterocycles. The van der Waals surface area contributed by atoms with Gasteiger partial charge in [0.2, 0.25) is 0 Å². The predicted octanol–water partition coefficient (Wildman–Crippen LogP) is 2.26. The lowest BCUT2D eigenvalue weighted by Gasteiger charge is -2.18. The van der Waals surface area contributed by atoms with E-state index in [1.807, 2.05) is 0 Å². The maximum atomic E-state index is 10.7. The minimum atomic E-state index is -0.772. The van der Waals surface area contributed by atoms with E-state index < -0.39 is 10.7 Å². The van der Waals surface area contributed by atoms with Crippen molar-refractivity contribution in [1.82, 2.24) is 0 Å².